The normalized spacial score (nSPS) is 11.3. The highest BCUT2D eigenvalue weighted by atomic mass is 32.2. The number of imidazole rings is 1. The molecule has 1 N–H and O–H groups in total. The summed E-state index contributed by atoms with van der Waals surface area (Å²) in [5, 5.41) is 8.94. The quantitative estimate of drug-likeness (QED) is 0.549. The molecule has 0 aliphatic carbocycles. The van der Waals surface area contributed by atoms with Gasteiger partial charge in [-0.25, -0.2) is 13.4 Å². The Bertz CT molecular complexity index is 1320. The molecule has 6 nitrogen and oxygen atoms in total. The highest BCUT2D eigenvalue weighted by Crippen LogP contribution is 2.26. The molecule has 4 rings (SSSR count). The lowest BCUT2D eigenvalue weighted by atomic mass is 10.1. The van der Waals surface area contributed by atoms with E-state index in [2.05, 4.69) is 10.8 Å². The maximum atomic E-state index is 12.7. The van der Waals surface area contributed by atoms with Gasteiger partial charge in [0.05, 0.1) is 27.7 Å². The molecule has 7 heteroatoms. The molecule has 0 radical (unpaired) electrons. The number of para-hydroxylation sites is 1. The number of aromatic nitrogens is 2. The molecule has 0 aliphatic rings. The van der Waals surface area contributed by atoms with Crippen molar-refractivity contribution in [1.82, 2.24) is 9.55 Å². The van der Waals surface area contributed by atoms with Crippen molar-refractivity contribution < 1.29 is 8.42 Å². The number of aryl methyl sites for hydroxylation is 1. The molecule has 0 bridgehead atoms. The van der Waals surface area contributed by atoms with Crippen molar-refractivity contribution in [1.29, 1.82) is 5.26 Å². The van der Waals surface area contributed by atoms with Crippen molar-refractivity contribution in [2.24, 2.45) is 7.05 Å². The third-order valence-electron chi connectivity index (χ3n) is 4.75. The lowest BCUT2D eigenvalue weighted by molar-refractivity contribution is 0.601. The van der Waals surface area contributed by atoms with Crippen LogP contribution in [0.2, 0.25) is 0 Å². The van der Waals surface area contributed by atoms with Gasteiger partial charge in [0, 0.05) is 13.5 Å². The lowest BCUT2D eigenvalue weighted by Crippen LogP contribution is -2.13. The Kier molecular flexibility index (Phi) is 4.79. The molecule has 0 amide bonds. The van der Waals surface area contributed by atoms with Crippen molar-refractivity contribution >= 4 is 26.7 Å². The second-order valence-corrected chi connectivity index (χ2v) is 8.35. The van der Waals surface area contributed by atoms with E-state index < -0.39 is 10.0 Å². The van der Waals surface area contributed by atoms with E-state index in [0.717, 1.165) is 16.9 Å². The molecule has 1 aromatic heterocycles. The first-order chi connectivity index (χ1) is 14.0. The van der Waals surface area contributed by atoms with Crippen molar-refractivity contribution in [3.05, 3.63) is 89.7 Å². The summed E-state index contributed by atoms with van der Waals surface area (Å²) in [5.74, 6) is 0.802. The van der Waals surface area contributed by atoms with Crippen LogP contribution in [0.25, 0.3) is 11.0 Å². The fourth-order valence-electron chi connectivity index (χ4n) is 3.19. The molecule has 0 saturated heterocycles. The highest BCUT2D eigenvalue weighted by molar-refractivity contribution is 7.92. The molecule has 0 saturated carbocycles. The predicted molar refractivity (Wildman–Crippen MR) is 112 cm³/mol. The molecule has 0 atom stereocenters. The first-order valence-corrected chi connectivity index (χ1v) is 10.5. The van der Waals surface area contributed by atoms with Crippen molar-refractivity contribution in [2.75, 3.05) is 4.72 Å². The van der Waals surface area contributed by atoms with Gasteiger partial charge in [-0.15, -0.1) is 0 Å². The van der Waals surface area contributed by atoms with Crippen LogP contribution in [0.4, 0.5) is 5.69 Å². The number of nitrogens with zero attached hydrogens (tertiary/aromatic N) is 3. The maximum absolute atomic E-state index is 12.7. The Labute approximate surface area is 169 Å². The number of hydrogen-bond acceptors (Lipinski definition) is 4. The van der Waals surface area contributed by atoms with Crippen LogP contribution >= 0.6 is 0 Å². The number of fused-ring (bicyclic) bond motifs is 1. The molecule has 3 aromatic carbocycles. The average molecular weight is 402 g/mol. The van der Waals surface area contributed by atoms with Crippen LogP contribution in [0.3, 0.4) is 0 Å². The van der Waals surface area contributed by atoms with Crippen LogP contribution in [0, 0.1) is 11.3 Å². The Balaban J connectivity index is 1.70. The first kappa shape index (κ1) is 18.7. The standard InChI is InChI=1S/C22H18N4O2S/c1-26-20-9-5-8-19(25-29(27,28)18-6-3-2-4-7-18)22(20)24-21(26)14-16-10-12-17(15-23)13-11-16/h2-13,25H,14H2,1H3. The average Bonchev–Trinajstić information content (AvgIpc) is 3.06. The summed E-state index contributed by atoms with van der Waals surface area (Å²) < 4.78 is 30.0. The van der Waals surface area contributed by atoms with Crippen LogP contribution in [-0.4, -0.2) is 18.0 Å². The molecule has 0 fully saturated rings. The van der Waals surface area contributed by atoms with Crippen LogP contribution < -0.4 is 4.72 Å². The summed E-state index contributed by atoms with van der Waals surface area (Å²) in [4.78, 5) is 4.90. The zero-order valence-corrected chi connectivity index (χ0v) is 16.5. The van der Waals surface area contributed by atoms with E-state index in [0.29, 0.717) is 23.2 Å². The third-order valence-corrected chi connectivity index (χ3v) is 6.13. The number of hydrogen-bond donors (Lipinski definition) is 1. The van der Waals surface area contributed by atoms with Crippen LogP contribution in [0.15, 0.2) is 77.7 Å². The number of benzene rings is 3. The van der Waals surface area contributed by atoms with Crippen molar-refractivity contribution in [3.8, 4) is 6.07 Å². The summed E-state index contributed by atoms with van der Waals surface area (Å²) >= 11 is 0. The number of sulfonamides is 1. The largest absolute Gasteiger partial charge is 0.331 e. The topological polar surface area (TPSA) is 87.8 Å². The molecule has 144 valence electrons. The molecule has 0 unspecified atom stereocenters. The minimum Gasteiger partial charge on any atom is -0.331 e. The molecule has 0 spiro atoms. The third kappa shape index (κ3) is 3.71. The van der Waals surface area contributed by atoms with Crippen molar-refractivity contribution in [3.63, 3.8) is 0 Å². The Morgan fingerprint density at radius 1 is 1.00 bits per heavy atom. The number of rotatable bonds is 5. The van der Waals surface area contributed by atoms with Gasteiger partial charge in [-0.1, -0.05) is 36.4 Å². The van der Waals surface area contributed by atoms with E-state index >= 15 is 0 Å². The fourth-order valence-corrected chi connectivity index (χ4v) is 4.27. The maximum Gasteiger partial charge on any atom is 0.261 e. The number of nitriles is 1. The van der Waals surface area contributed by atoms with E-state index in [1.807, 2.05) is 29.8 Å². The number of anilines is 1. The van der Waals surface area contributed by atoms with Gasteiger partial charge in [0.1, 0.15) is 11.3 Å². The SMILES string of the molecule is Cn1c(Cc2ccc(C#N)cc2)nc2c(NS(=O)(=O)c3ccccc3)cccc21. The summed E-state index contributed by atoms with van der Waals surface area (Å²) in [6.07, 6.45) is 0.571. The summed E-state index contributed by atoms with van der Waals surface area (Å²) in [6, 6.07) is 23.1. The van der Waals surface area contributed by atoms with E-state index in [-0.39, 0.29) is 4.90 Å². The Morgan fingerprint density at radius 3 is 2.41 bits per heavy atom. The monoisotopic (exact) mass is 402 g/mol. The van der Waals surface area contributed by atoms with Crippen molar-refractivity contribution in [2.45, 2.75) is 11.3 Å². The smallest absolute Gasteiger partial charge is 0.261 e. The molecule has 1 heterocycles. The van der Waals surface area contributed by atoms with E-state index in [9.17, 15) is 8.42 Å². The number of nitrogens with one attached hydrogen (secondary N) is 1. The van der Waals surface area contributed by atoms with Gasteiger partial charge in [-0.2, -0.15) is 5.26 Å². The molecule has 4 aromatic rings. The minimum atomic E-state index is -3.70. The van der Waals surface area contributed by atoms with Crippen LogP contribution in [-0.2, 0) is 23.5 Å². The Morgan fingerprint density at radius 2 is 1.72 bits per heavy atom. The molecular weight excluding hydrogens is 384 g/mol. The van der Waals surface area contributed by atoms with Crippen LogP contribution in [0.5, 0.6) is 0 Å². The second-order valence-electron chi connectivity index (χ2n) is 6.66. The predicted octanol–water partition coefficient (Wildman–Crippen LogP) is 3.84. The zero-order chi connectivity index (χ0) is 20.4. The van der Waals surface area contributed by atoms with E-state index in [1.54, 1.807) is 54.6 Å². The lowest BCUT2D eigenvalue weighted by Gasteiger charge is -2.08. The minimum absolute atomic E-state index is 0.200. The van der Waals surface area contributed by atoms with Gasteiger partial charge in [-0.05, 0) is 42.0 Å². The van der Waals surface area contributed by atoms with Gasteiger partial charge in [0.25, 0.3) is 10.0 Å². The molecular formula is C22H18N4O2S. The zero-order valence-electron chi connectivity index (χ0n) is 15.7. The van der Waals surface area contributed by atoms with Gasteiger partial charge in [-0.3, -0.25) is 4.72 Å². The summed E-state index contributed by atoms with van der Waals surface area (Å²) in [7, 11) is -1.80. The van der Waals surface area contributed by atoms with E-state index in [4.69, 9.17) is 10.2 Å². The fraction of sp³-hybridized carbons (Fsp3) is 0.0909. The summed E-state index contributed by atoms with van der Waals surface area (Å²) in [5.41, 5.74) is 3.50. The Hall–Kier alpha value is -3.63. The first-order valence-electron chi connectivity index (χ1n) is 8.99. The highest BCUT2D eigenvalue weighted by Gasteiger charge is 2.18. The van der Waals surface area contributed by atoms with Gasteiger partial charge in [0.2, 0.25) is 0 Å². The summed E-state index contributed by atoms with van der Waals surface area (Å²) in [6.45, 7) is 0. The second kappa shape index (κ2) is 7.41. The molecule has 29 heavy (non-hydrogen) atoms. The molecule has 0 aliphatic heterocycles. The van der Waals surface area contributed by atoms with Gasteiger partial charge >= 0.3 is 0 Å². The van der Waals surface area contributed by atoms with Crippen LogP contribution in [0.1, 0.15) is 17.0 Å². The van der Waals surface area contributed by atoms with Gasteiger partial charge in [0.15, 0.2) is 0 Å². The van der Waals surface area contributed by atoms with E-state index in [1.165, 1.54) is 0 Å². The van der Waals surface area contributed by atoms with Gasteiger partial charge < -0.3 is 4.57 Å².